The molecule has 194 valence electrons. The molecule has 8 nitrogen and oxygen atoms in total. The maximum atomic E-state index is 13.1. The maximum absolute atomic E-state index is 13.1. The summed E-state index contributed by atoms with van der Waals surface area (Å²) in [7, 11) is 0.976. The Bertz CT molecular complexity index is 1410. The summed E-state index contributed by atoms with van der Waals surface area (Å²) >= 11 is 0. The number of fused-ring (bicyclic) bond motifs is 1. The summed E-state index contributed by atoms with van der Waals surface area (Å²) in [4.78, 5) is 12.9. The van der Waals surface area contributed by atoms with E-state index in [-0.39, 0.29) is 17.3 Å². The van der Waals surface area contributed by atoms with Gasteiger partial charge in [-0.05, 0) is 72.5 Å². The third kappa shape index (κ3) is 5.79. The highest BCUT2D eigenvalue weighted by atomic mass is 32.2. The van der Waals surface area contributed by atoms with Crippen molar-refractivity contribution >= 4 is 27.7 Å². The van der Waals surface area contributed by atoms with E-state index in [2.05, 4.69) is 5.32 Å². The average molecular weight is 523 g/mol. The Morgan fingerprint density at radius 3 is 2.22 bits per heavy atom. The molecular formula is C28H30N2O6S. The largest absolute Gasteiger partial charge is 0.493 e. The van der Waals surface area contributed by atoms with Gasteiger partial charge in [0, 0.05) is 24.9 Å². The van der Waals surface area contributed by atoms with Crippen LogP contribution in [-0.4, -0.2) is 46.5 Å². The fourth-order valence-corrected chi connectivity index (χ4v) is 5.65. The summed E-state index contributed by atoms with van der Waals surface area (Å²) in [6, 6.07) is 15.9. The average Bonchev–Trinajstić information content (AvgIpc) is 2.91. The Hall–Kier alpha value is -3.82. The van der Waals surface area contributed by atoms with Crippen LogP contribution in [0.1, 0.15) is 22.3 Å². The molecule has 3 aromatic rings. The molecule has 37 heavy (non-hydrogen) atoms. The van der Waals surface area contributed by atoms with Gasteiger partial charge in [0.2, 0.25) is 21.7 Å². The molecular weight excluding hydrogens is 492 g/mol. The molecule has 0 aromatic heterocycles. The van der Waals surface area contributed by atoms with Crippen molar-refractivity contribution in [1.29, 1.82) is 0 Å². The van der Waals surface area contributed by atoms with E-state index in [4.69, 9.17) is 14.2 Å². The van der Waals surface area contributed by atoms with E-state index in [0.717, 1.165) is 16.7 Å². The number of anilines is 1. The molecule has 0 spiro atoms. The van der Waals surface area contributed by atoms with Gasteiger partial charge in [-0.15, -0.1) is 0 Å². The Morgan fingerprint density at radius 1 is 0.919 bits per heavy atom. The molecule has 0 saturated heterocycles. The number of ether oxygens (including phenoxy) is 3. The van der Waals surface area contributed by atoms with Gasteiger partial charge in [-0.1, -0.05) is 23.8 Å². The second-order valence-corrected chi connectivity index (χ2v) is 10.6. The van der Waals surface area contributed by atoms with Crippen LogP contribution in [0.25, 0.3) is 6.08 Å². The second-order valence-electron chi connectivity index (χ2n) is 8.67. The minimum absolute atomic E-state index is 0.247. The minimum Gasteiger partial charge on any atom is -0.493 e. The number of hydrogen-bond donors (Lipinski definition) is 1. The van der Waals surface area contributed by atoms with Crippen molar-refractivity contribution in [2.24, 2.45) is 0 Å². The first kappa shape index (κ1) is 26.2. The lowest BCUT2D eigenvalue weighted by Crippen LogP contribution is -2.36. The van der Waals surface area contributed by atoms with Crippen LogP contribution in [0, 0.1) is 6.92 Å². The predicted molar refractivity (Wildman–Crippen MR) is 143 cm³/mol. The van der Waals surface area contributed by atoms with Crippen LogP contribution in [0.4, 0.5) is 5.69 Å². The van der Waals surface area contributed by atoms with Gasteiger partial charge >= 0.3 is 0 Å². The molecule has 0 unspecified atom stereocenters. The monoisotopic (exact) mass is 522 g/mol. The van der Waals surface area contributed by atoms with Crippen molar-refractivity contribution in [1.82, 2.24) is 4.31 Å². The number of nitrogens with zero attached hydrogens (tertiary/aromatic N) is 1. The molecule has 1 amide bonds. The maximum Gasteiger partial charge on any atom is 0.248 e. The summed E-state index contributed by atoms with van der Waals surface area (Å²) in [5, 5.41) is 2.85. The highest BCUT2D eigenvalue weighted by molar-refractivity contribution is 7.89. The van der Waals surface area contributed by atoms with Crippen molar-refractivity contribution in [3.63, 3.8) is 0 Å². The summed E-state index contributed by atoms with van der Waals surface area (Å²) in [5.41, 5.74) is 4.23. The van der Waals surface area contributed by atoms with Gasteiger partial charge in [0.05, 0.1) is 26.2 Å². The molecule has 1 aliphatic rings. The zero-order valence-corrected chi connectivity index (χ0v) is 22.1. The van der Waals surface area contributed by atoms with Crippen LogP contribution in [0.3, 0.4) is 0 Å². The van der Waals surface area contributed by atoms with E-state index in [1.807, 2.05) is 25.1 Å². The molecule has 0 atom stereocenters. The first-order valence-corrected chi connectivity index (χ1v) is 13.2. The van der Waals surface area contributed by atoms with Gasteiger partial charge in [0.15, 0.2) is 11.5 Å². The standard InChI is InChI=1S/C28H30N2O6S/c1-19-5-10-24(11-6-19)37(32,33)30-14-13-21-8-9-23(17-22(21)18-30)29-27(31)12-7-20-15-25(34-2)28(36-4)26(16-20)35-3/h5-12,15-17H,13-14,18H2,1-4H3,(H,29,31)/b12-7+. The molecule has 1 N–H and O–H groups in total. The number of rotatable bonds is 8. The number of benzene rings is 3. The summed E-state index contributed by atoms with van der Waals surface area (Å²) in [6.45, 7) is 2.58. The minimum atomic E-state index is -3.61. The number of sulfonamides is 1. The third-order valence-electron chi connectivity index (χ3n) is 6.22. The molecule has 1 aliphatic heterocycles. The van der Waals surface area contributed by atoms with E-state index in [9.17, 15) is 13.2 Å². The Morgan fingerprint density at radius 2 is 1.59 bits per heavy atom. The van der Waals surface area contributed by atoms with Crippen molar-refractivity contribution in [2.45, 2.75) is 24.8 Å². The zero-order valence-electron chi connectivity index (χ0n) is 21.3. The van der Waals surface area contributed by atoms with Crippen molar-refractivity contribution in [2.75, 3.05) is 33.2 Å². The quantitative estimate of drug-likeness (QED) is 0.440. The molecule has 3 aromatic carbocycles. The van der Waals surface area contributed by atoms with Crippen LogP contribution >= 0.6 is 0 Å². The Kier molecular flexibility index (Phi) is 7.85. The first-order valence-electron chi connectivity index (χ1n) is 11.7. The molecule has 4 rings (SSSR count). The summed E-state index contributed by atoms with van der Waals surface area (Å²) in [6.07, 6.45) is 3.66. The number of carbonyl (C=O) groups is 1. The third-order valence-corrected chi connectivity index (χ3v) is 8.08. The topological polar surface area (TPSA) is 94.2 Å². The van der Waals surface area contributed by atoms with E-state index in [1.165, 1.54) is 31.7 Å². The van der Waals surface area contributed by atoms with Crippen molar-refractivity contribution < 1.29 is 27.4 Å². The van der Waals surface area contributed by atoms with Crippen LogP contribution in [0.2, 0.25) is 0 Å². The lowest BCUT2D eigenvalue weighted by Gasteiger charge is -2.28. The lowest BCUT2D eigenvalue weighted by molar-refractivity contribution is -0.111. The second kappa shape index (κ2) is 11.1. The van der Waals surface area contributed by atoms with Crippen LogP contribution < -0.4 is 19.5 Å². The fourth-order valence-electron chi connectivity index (χ4n) is 4.23. The molecule has 1 heterocycles. The summed E-state index contributed by atoms with van der Waals surface area (Å²) < 4.78 is 43.8. The number of carbonyl (C=O) groups excluding carboxylic acids is 1. The number of nitrogens with one attached hydrogen (secondary N) is 1. The van der Waals surface area contributed by atoms with Gasteiger partial charge in [-0.2, -0.15) is 4.31 Å². The molecule has 9 heteroatoms. The Balaban J connectivity index is 1.48. The smallest absolute Gasteiger partial charge is 0.248 e. The number of hydrogen-bond acceptors (Lipinski definition) is 6. The van der Waals surface area contributed by atoms with Crippen LogP contribution in [0.15, 0.2) is 65.6 Å². The van der Waals surface area contributed by atoms with E-state index in [1.54, 1.807) is 42.5 Å². The number of amides is 1. The van der Waals surface area contributed by atoms with Crippen molar-refractivity contribution in [3.8, 4) is 17.2 Å². The predicted octanol–water partition coefficient (Wildman–Crippen LogP) is 4.42. The SMILES string of the molecule is COc1cc(/C=C/C(=O)Nc2ccc3c(c2)CN(S(=O)(=O)c2ccc(C)cc2)CC3)cc(OC)c1OC. The normalized spacial score (nSPS) is 13.7. The first-order chi connectivity index (χ1) is 17.7. The van der Waals surface area contributed by atoms with Crippen molar-refractivity contribution in [3.05, 3.63) is 82.9 Å². The molecule has 0 aliphatic carbocycles. The molecule has 0 saturated carbocycles. The van der Waals surface area contributed by atoms with Gasteiger partial charge in [-0.25, -0.2) is 8.42 Å². The zero-order chi connectivity index (χ0) is 26.6. The highest BCUT2D eigenvalue weighted by Gasteiger charge is 2.28. The summed E-state index contributed by atoms with van der Waals surface area (Å²) in [5.74, 6) is 1.12. The van der Waals surface area contributed by atoms with E-state index in [0.29, 0.717) is 41.5 Å². The van der Waals surface area contributed by atoms with Crippen LogP contribution in [0.5, 0.6) is 17.2 Å². The van der Waals surface area contributed by atoms with Crippen LogP contribution in [-0.2, 0) is 27.8 Å². The molecule has 0 fully saturated rings. The molecule has 0 bridgehead atoms. The van der Waals surface area contributed by atoms with Gasteiger partial charge in [0.25, 0.3) is 0 Å². The fraction of sp³-hybridized carbons (Fsp3) is 0.250. The number of aryl methyl sites for hydroxylation is 1. The molecule has 0 radical (unpaired) electrons. The van der Waals surface area contributed by atoms with Gasteiger partial charge in [-0.3, -0.25) is 4.79 Å². The van der Waals surface area contributed by atoms with Gasteiger partial charge in [0.1, 0.15) is 0 Å². The van der Waals surface area contributed by atoms with E-state index >= 15 is 0 Å². The Labute approximate surface area is 217 Å². The lowest BCUT2D eigenvalue weighted by atomic mass is 10.0. The number of methoxy groups -OCH3 is 3. The van der Waals surface area contributed by atoms with E-state index < -0.39 is 10.0 Å². The van der Waals surface area contributed by atoms with Gasteiger partial charge < -0.3 is 19.5 Å². The highest BCUT2D eigenvalue weighted by Crippen LogP contribution is 2.38.